The van der Waals surface area contributed by atoms with Crippen LogP contribution >= 0.6 is 0 Å². The Morgan fingerprint density at radius 2 is 2.00 bits per heavy atom. The monoisotopic (exact) mass is 288 g/mol. The van der Waals surface area contributed by atoms with E-state index in [2.05, 4.69) is 24.0 Å². The lowest BCUT2D eigenvalue weighted by atomic mass is 9.85. The summed E-state index contributed by atoms with van der Waals surface area (Å²) in [6.07, 6.45) is 3.27. The second-order valence-electron chi connectivity index (χ2n) is 6.62. The summed E-state index contributed by atoms with van der Waals surface area (Å²) in [7, 11) is 0. The maximum Gasteiger partial charge on any atom is 0.230 e. The van der Waals surface area contributed by atoms with Gasteiger partial charge in [0.15, 0.2) is 0 Å². The summed E-state index contributed by atoms with van der Waals surface area (Å²) in [5.74, 6) is 0.868. The van der Waals surface area contributed by atoms with Crippen LogP contribution in [0, 0.1) is 11.3 Å². The highest BCUT2D eigenvalue weighted by atomic mass is 16.2. The van der Waals surface area contributed by atoms with Gasteiger partial charge in [0.25, 0.3) is 0 Å². The lowest BCUT2D eigenvalue weighted by Gasteiger charge is -2.37. The second-order valence-corrected chi connectivity index (χ2v) is 6.62. The molecule has 3 nitrogen and oxygen atoms in total. The molecule has 1 aliphatic carbocycles. The first-order chi connectivity index (χ1) is 10.0. The van der Waals surface area contributed by atoms with Crippen LogP contribution < -0.4 is 5.73 Å². The normalized spacial score (nSPS) is 18.9. The number of rotatable bonds is 7. The SMILES string of the molecule is CCC(C)(CN)C(=O)N(Cc1ccccc1)C(C)C1CC1. The molecule has 0 saturated heterocycles. The molecule has 0 aromatic heterocycles. The molecule has 3 heteroatoms. The van der Waals surface area contributed by atoms with Gasteiger partial charge >= 0.3 is 0 Å². The van der Waals surface area contributed by atoms with E-state index >= 15 is 0 Å². The Morgan fingerprint density at radius 1 is 1.38 bits per heavy atom. The highest BCUT2D eigenvalue weighted by Gasteiger charge is 2.40. The molecule has 2 unspecified atom stereocenters. The molecule has 21 heavy (non-hydrogen) atoms. The highest BCUT2D eigenvalue weighted by molar-refractivity contribution is 5.83. The molecular weight excluding hydrogens is 260 g/mol. The van der Waals surface area contributed by atoms with Crippen LogP contribution in [-0.4, -0.2) is 23.4 Å². The molecule has 0 heterocycles. The third kappa shape index (κ3) is 3.65. The van der Waals surface area contributed by atoms with Gasteiger partial charge in [0, 0.05) is 19.1 Å². The average molecular weight is 288 g/mol. The highest BCUT2D eigenvalue weighted by Crippen LogP contribution is 2.37. The van der Waals surface area contributed by atoms with Gasteiger partial charge in [-0.1, -0.05) is 37.3 Å². The molecule has 0 radical (unpaired) electrons. The van der Waals surface area contributed by atoms with Crippen molar-refractivity contribution in [2.24, 2.45) is 17.1 Å². The van der Waals surface area contributed by atoms with E-state index in [1.54, 1.807) is 0 Å². The van der Waals surface area contributed by atoms with Crippen LogP contribution in [0.4, 0.5) is 0 Å². The number of nitrogens with two attached hydrogens (primary N) is 1. The van der Waals surface area contributed by atoms with Gasteiger partial charge in [-0.15, -0.1) is 0 Å². The summed E-state index contributed by atoms with van der Waals surface area (Å²) in [4.78, 5) is 15.1. The largest absolute Gasteiger partial charge is 0.335 e. The smallest absolute Gasteiger partial charge is 0.230 e. The van der Waals surface area contributed by atoms with Gasteiger partial charge in [-0.05, 0) is 44.6 Å². The number of amides is 1. The number of carbonyl (C=O) groups is 1. The Labute approximate surface area is 128 Å². The summed E-state index contributed by atoms with van der Waals surface area (Å²) in [5.41, 5.74) is 6.64. The minimum Gasteiger partial charge on any atom is -0.335 e. The Hall–Kier alpha value is -1.35. The van der Waals surface area contributed by atoms with E-state index in [-0.39, 0.29) is 5.91 Å². The van der Waals surface area contributed by atoms with E-state index in [1.807, 2.05) is 32.0 Å². The maximum absolute atomic E-state index is 13.1. The molecule has 1 amide bonds. The van der Waals surface area contributed by atoms with Gasteiger partial charge in [0.2, 0.25) is 5.91 Å². The van der Waals surface area contributed by atoms with Gasteiger partial charge in [0.05, 0.1) is 5.41 Å². The minimum atomic E-state index is -0.446. The fourth-order valence-corrected chi connectivity index (χ4v) is 2.74. The van der Waals surface area contributed by atoms with Crippen molar-refractivity contribution in [1.29, 1.82) is 0 Å². The van der Waals surface area contributed by atoms with Gasteiger partial charge in [-0.25, -0.2) is 0 Å². The zero-order valence-corrected chi connectivity index (χ0v) is 13.5. The molecule has 0 bridgehead atoms. The van der Waals surface area contributed by atoms with Crippen LogP contribution in [0.25, 0.3) is 0 Å². The van der Waals surface area contributed by atoms with E-state index in [0.717, 1.165) is 6.42 Å². The van der Waals surface area contributed by atoms with Crippen molar-refractivity contribution in [1.82, 2.24) is 4.90 Å². The van der Waals surface area contributed by atoms with Gasteiger partial charge in [-0.3, -0.25) is 4.79 Å². The zero-order chi connectivity index (χ0) is 15.5. The summed E-state index contributed by atoms with van der Waals surface area (Å²) in [6, 6.07) is 10.5. The Bertz CT molecular complexity index is 463. The first-order valence-electron chi connectivity index (χ1n) is 8.07. The van der Waals surface area contributed by atoms with Crippen LogP contribution in [0.5, 0.6) is 0 Å². The molecule has 2 rings (SSSR count). The van der Waals surface area contributed by atoms with Crippen molar-refractivity contribution in [3.63, 3.8) is 0 Å². The standard InChI is InChI=1S/C18H28N2O/c1-4-18(3,13-19)17(21)20(14(2)16-10-11-16)12-15-8-6-5-7-9-15/h5-9,14,16H,4,10-13,19H2,1-3H3. The third-order valence-electron chi connectivity index (χ3n) is 5.00. The number of carbonyl (C=O) groups excluding carboxylic acids is 1. The van der Waals surface area contributed by atoms with Crippen molar-refractivity contribution in [3.8, 4) is 0 Å². The number of benzene rings is 1. The van der Waals surface area contributed by atoms with Gasteiger partial charge in [0.1, 0.15) is 0 Å². The van der Waals surface area contributed by atoms with Crippen LogP contribution in [0.15, 0.2) is 30.3 Å². The van der Waals surface area contributed by atoms with Gasteiger partial charge in [-0.2, -0.15) is 0 Å². The zero-order valence-electron chi connectivity index (χ0n) is 13.5. The quantitative estimate of drug-likeness (QED) is 0.837. The molecule has 1 aliphatic rings. The molecule has 2 atom stereocenters. The van der Waals surface area contributed by atoms with Crippen molar-refractivity contribution in [2.75, 3.05) is 6.54 Å². The number of hydrogen-bond donors (Lipinski definition) is 1. The second kappa shape index (κ2) is 6.61. The van der Waals surface area contributed by atoms with Crippen LogP contribution in [0.1, 0.15) is 45.6 Å². The molecule has 0 aliphatic heterocycles. The van der Waals surface area contributed by atoms with E-state index in [4.69, 9.17) is 5.73 Å². The summed E-state index contributed by atoms with van der Waals surface area (Å²) in [6.45, 7) is 7.32. The van der Waals surface area contributed by atoms with Crippen molar-refractivity contribution < 1.29 is 4.79 Å². The summed E-state index contributed by atoms with van der Waals surface area (Å²) in [5, 5.41) is 0. The predicted octanol–water partition coefficient (Wildman–Crippen LogP) is 3.19. The fraction of sp³-hybridized carbons (Fsp3) is 0.611. The minimum absolute atomic E-state index is 0.204. The molecule has 1 aromatic rings. The van der Waals surface area contributed by atoms with E-state index < -0.39 is 5.41 Å². The van der Waals surface area contributed by atoms with E-state index in [1.165, 1.54) is 18.4 Å². The molecule has 0 spiro atoms. The lowest BCUT2D eigenvalue weighted by molar-refractivity contribution is -0.144. The average Bonchev–Trinajstić information content (AvgIpc) is 3.36. The Morgan fingerprint density at radius 3 is 2.48 bits per heavy atom. The third-order valence-corrected chi connectivity index (χ3v) is 5.00. The molecular formula is C18H28N2O. The number of nitrogens with zero attached hydrogens (tertiary/aromatic N) is 1. The van der Waals surface area contributed by atoms with Crippen molar-refractivity contribution >= 4 is 5.91 Å². The summed E-state index contributed by atoms with van der Waals surface area (Å²) < 4.78 is 0. The molecule has 1 saturated carbocycles. The maximum atomic E-state index is 13.1. The molecule has 1 aromatic carbocycles. The van der Waals surface area contributed by atoms with E-state index in [9.17, 15) is 4.79 Å². The topological polar surface area (TPSA) is 46.3 Å². The molecule has 1 fully saturated rings. The fourth-order valence-electron chi connectivity index (χ4n) is 2.74. The van der Waals surface area contributed by atoms with Gasteiger partial charge < -0.3 is 10.6 Å². The lowest BCUT2D eigenvalue weighted by Crippen LogP contribution is -2.49. The molecule has 2 N–H and O–H groups in total. The first-order valence-corrected chi connectivity index (χ1v) is 8.07. The van der Waals surface area contributed by atoms with Crippen molar-refractivity contribution in [3.05, 3.63) is 35.9 Å². The Balaban J connectivity index is 2.21. The van der Waals surface area contributed by atoms with Crippen LogP contribution in [0.3, 0.4) is 0 Å². The predicted molar refractivity (Wildman–Crippen MR) is 86.6 cm³/mol. The molecule has 116 valence electrons. The van der Waals surface area contributed by atoms with Crippen LogP contribution in [-0.2, 0) is 11.3 Å². The Kier molecular flexibility index (Phi) is 5.04. The van der Waals surface area contributed by atoms with E-state index in [0.29, 0.717) is 25.0 Å². The first kappa shape index (κ1) is 16.0. The number of hydrogen-bond acceptors (Lipinski definition) is 2. The van der Waals surface area contributed by atoms with Crippen LogP contribution in [0.2, 0.25) is 0 Å². The van der Waals surface area contributed by atoms with Crippen molar-refractivity contribution in [2.45, 2.75) is 52.6 Å². The summed E-state index contributed by atoms with van der Waals surface area (Å²) >= 11 is 0.